The number of furan rings is 1. The second-order valence-corrected chi connectivity index (χ2v) is 9.68. The third-order valence-electron chi connectivity index (χ3n) is 5.90. The van der Waals surface area contributed by atoms with Crippen molar-refractivity contribution in [2.45, 2.75) is 0 Å². The Balaban J connectivity index is 1.17. The van der Waals surface area contributed by atoms with Crippen LogP contribution >= 0.6 is 35.4 Å². The van der Waals surface area contributed by atoms with Gasteiger partial charge in [-0.3, -0.25) is 10.1 Å². The molecule has 4 aromatic carbocycles. The zero-order valence-corrected chi connectivity index (χ0v) is 21.8. The van der Waals surface area contributed by atoms with Crippen LogP contribution in [0.3, 0.4) is 0 Å². The maximum absolute atomic E-state index is 12.7. The van der Waals surface area contributed by atoms with Gasteiger partial charge in [-0.1, -0.05) is 59.6 Å². The van der Waals surface area contributed by atoms with Crippen molar-refractivity contribution in [3.63, 3.8) is 0 Å². The molecule has 6 nitrogen and oxygen atoms in total. The van der Waals surface area contributed by atoms with Crippen LogP contribution in [0.5, 0.6) is 0 Å². The van der Waals surface area contributed by atoms with Gasteiger partial charge in [0, 0.05) is 27.2 Å². The van der Waals surface area contributed by atoms with Crippen molar-refractivity contribution in [3.8, 4) is 22.8 Å². The minimum Gasteiger partial charge on any atom is -0.451 e. The van der Waals surface area contributed by atoms with Gasteiger partial charge >= 0.3 is 0 Å². The number of hydrogen-bond acceptors (Lipinski definition) is 5. The Hall–Kier alpha value is -4.17. The molecule has 0 atom stereocenters. The lowest BCUT2D eigenvalue weighted by molar-refractivity contribution is 0.0951. The van der Waals surface area contributed by atoms with Crippen molar-refractivity contribution in [1.29, 1.82) is 0 Å². The third kappa shape index (κ3) is 4.75. The summed E-state index contributed by atoms with van der Waals surface area (Å²) in [5.41, 5.74) is 3.51. The summed E-state index contributed by atoms with van der Waals surface area (Å²) in [6.07, 6.45) is 0. The van der Waals surface area contributed by atoms with Gasteiger partial charge in [0.05, 0.1) is 5.02 Å². The maximum atomic E-state index is 12.7. The number of aromatic nitrogens is 1. The van der Waals surface area contributed by atoms with E-state index in [1.54, 1.807) is 30.3 Å². The summed E-state index contributed by atoms with van der Waals surface area (Å²) < 4.78 is 11.7. The summed E-state index contributed by atoms with van der Waals surface area (Å²) in [7, 11) is 0. The number of halogens is 2. The largest absolute Gasteiger partial charge is 0.451 e. The van der Waals surface area contributed by atoms with E-state index >= 15 is 0 Å². The summed E-state index contributed by atoms with van der Waals surface area (Å²) in [6.45, 7) is 0. The van der Waals surface area contributed by atoms with Gasteiger partial charge in [0.25, 0.3) is 5.91 Å². The smallest absolute Gasteiger partial charge is 0.293 e. The van der Waals surface area contributed by atoms with E-state index in [1.165, 1.54) is 0 Å². The number of hydrogen-bond donors (Lipinski definition) is 2. The van der Waals surface area contributed by atoms with Gasteiger partial charge in [0.15, 0.2) is 16.5 Å². The molecule has 6 rings (SSSR count). The minimum absolute atomic E-state index is 0.0765. The first kappa shape index (κ1) is 24.2. The van der Waals surface area contributed by atoms with Gasteiger partial charge < -0.3 is 14.2 Å². The number of rotatable bonds is 4. The standard InChI is InChI=1S/C29H17Cl2N3O3S/c30-18-9-10-22(31)21(15-18)23-12-13-25(36-23)27(35)34-29(38)32-19-6-3-5-17(14-19)28-33-26-20-7-2-1-4-16(20)8-11-24(26)37-28/h1-15H,(H2,32,34,35,38). The fraction of sp³-hybridized carbons (Fsp3) is 0. The average Bonchev–Trinajstić information content (AvgIpc) is 3.58. The van der Waals surface area contributed by atoms with E-state index < -0.39 is 5.91 Å². The Morgan fingerprint density at radius 3 is 2.63 bits per heavy atom. The predicted octanol–water partition coefficient (Wildman–Crippen LogP) is 8.34. The van der Waals surface area contributed by atoms with E-state index in [0.717, 1.165) is 21.9 Å². The Bertz CT molecular complexity index is 1860. The molecule has 186 valence electrons. The highest BCUT2D eigenvalue weighted by atomic mass is 35.5. The average molecular weight is 558 g/mol. The van der Waals surface area contributed by atoms with E-state index in [4.69, 9.17) is 49.2 Å². The van der Waals surface area contributed by atoms with E-state index in [-0.39, 0.29) is 10.9 Å². The van der Waals surface area contributed by atoms with Crippen molar-refractivity contribution < 1.29 is 13.6 Å². The summed E-state index contributed by atoms with van der Waals surface area (Å²) in [6, 6.07) is 27.6. The van der Waals surface area contributed by atoms with Crippen LogP contribution in [0.15, 0.2) is 99.8 Å². The van der Waals surface area contributed by atoms with Crippen LogP contribution in [0.4, 0.5) is 5.69 Å². The van der Waals surface area contributed by atoms with Crippen molar-refractivity contribution >= 4 is 74.0 Å². The molecule has 2 heterocycles. The van der Waals surface area contributed by atoms with Crippen molar-refractivity contribution in [2.75, 3.05) is 5.32 Å². The number of oxazole rings is 1. The Kier molecular flexibility index (Phi) is 6.33. The molecular formula is C29H17Cl2N3O3S. The van der Waals surface area contributed by atoms with E-state index in [2.05, 4.69) is 10.6 Å². The molecule has 2 aromatic heterocycles. The molecule has 38 heavy (non-hydrogen) atoms. The molecule has 0 saturated carbocycles. The quantitative estimate of drug-likeness (QED) is 0.212. The maximum Gasteiger partial charge on any atom is 0.293 e. The second-order valence-electron chi connectivity index (χ2n) is 8.43. The molecule has 6 aromatic rings. The van der Waals surface area contributed by atoms with Gasteiger partial charge in [0.1, 0.15) is 11.3 Å². The Labute approximate surface area is 232 Å². The Morgan fingerprint density at radius 2 is 1.74 bits per heavy atom. The summed E-state index contributed by atoms with van der Waals surface area (Å²) in [5, 5.41) is 8.83. The molecule has 0 fully saturated rings. The molecule has 0 aliphatic heterocycles. The lowest BCUT2D eigenvalue weighted by Gasteiger charge is -2.09. The molecule has 2 N–H and O–H groups in total. The number of nitrogens with zero attached hydrogens (tertiary/aromatic N) is 1. The minimum atomic E-state index is -0.506. The van der Waals surface area contributed by atoms with Crippen LogP contribution in [0.25, 0.3) is 44.7 Å². The van der Waals surface area contributed by atoms with Gasteiger partial charge in [-0.25, -0.2) is 4.98 Å². The van der Waals surface area contributed by atoms with E-state index in [0.29, 0.717) is 38.5 Å². The molecule has 0 unspecified atom stereocenters. The molecule has 0 spiro atoms. The van der Waals surface area contributed by atoms with Crippen molar-refractivity contribution in [3.05, 3.63) is 107 Å². The van der Waals surface area contributed by atoms with Crippen LogP contribution in [0, 0.1) is 0 Å². The van der Waals surface area contributed by atoms with Gasteiger partial charge in [-0.05, 0) is 72.2 Å². The zero-order chi connectivity index (χ0) is 26.2. The fourth-order valence-corrected chi connectivity index (χ4v) is 4.73. The molecule has 0 aliphatic carbocycles. The lowest BCUT2D eigenvalue weighted by atomic mass is 10.1. The summed E-state index contributed by atoms with van der Waals surface area (Å²) in [4.78, 5) is 17.5. The number of carbonyl (C=O) groups excluding carboxylic acids is 1. The second kappa shape index (κ2) is 9.95. The van der Waals surface area contributed by atoms with Crippen LogP contribution in [0.2, 0.25) is 10.0 Å². The number of carbonyl (C=O) groups is 1. The van der Waals surface area contributed by atoms with Gasteiger partial charge in [-0.2, -0.15) is 0 Å². The fourth-order valence-electron chi connectivity index (χ4n) is 4.13. The lowest BCUT2D eigenvalue weighted by Crippen LogP contribution is -2.33. The van der Waals surface area contributed by atoms with Gasteiger partial charge in [0.2, 0.25) is 5.89 Å². The molecule has 0 bridgehead atoms. The number of fused-ring (bicyclic) bond motifs is 3. The number of thiocarbonyl (C=S) groups is 1. The number of nitrogens with one attached hydrogen (secondary N) is 2. The van der Waals surface area contributed by atoms with E-state index in [1.807, 2.05) is 60.7 Å². The number of amides is 1. The van der Waals surface area contributed by atoms with Crippen molar-refractivity contribution in [2.24, 2.45) is 0 Å². The summed E-state index contributed by atoms with van der Waals surface area (Å²) in [5.74, 6) is 0.472. The normalized spacial score (nSPS) is 11.1. The third-order valence-corrected chi connectivity index (χ3v) is 6.67. The Morgan fingerprint density at radius 1 is 0.868 bits per heavy atom. The zero-order valence-electron chi connectivity index (χ0n) is 19.5. The van der Waals surface area contributed by atoms with Crippen LogP contribution in [-0.2, 0) is 0 Å². The molecule has 0 aliphatic rings. The molecular weight excluding hydrogens is 541 g/mol. The SMILES string of the molecule is O=C(NC(=S)Nc1cccc(-c2nc3c(ccc4ccccc43)o2)c1)c1ccc(-c2cc(Cl)ccc2Cl)o1. The van der Waals surface area contributed by atoms with Crippen LogP contribution < -0.4 is 10.6 Å². The predicted molar refractivity (Wildman–Crippen MR) is 155 cm³/mol. The highest BCUT2D eigenvalue weighted by Gasteiger charge is 2.16. The first-order valence-electron chi connectivity index (χ1n) is 11.5. The molecule has 0 saturated heterocycles. The van der Waals surface area contributed by atoms with Crippen molar-refractivity contribution in [1.82, 2.24) is 10.3 Å². The highest BCUT2D eigenvalue weighted by molar-refractivity contribution is 7.80. The monoisotopic (exact) mass is 557 g/mol. The number of benzene rings is 4. The van der Waals surface area contributed by atoms with Crippen LogP contribution in [-0.4, -0.2) is 16.0 Å². The molecule has 1 amide bonds. The first-order chi connectivity index (χ1) is 18.4. The van der Waals surface area contributed by atoms with Gasteiger partial charge in [-0.15, -0.1) is 0 Å². The topological polar surface area (TPSA) is 80.3 Å². The summed E-state index contributed by atoms with van der Waals surface area (Å²) >= 11 is 17.7. The molecule has 9 heteroatoms. The number of anilines is 1. The molecule has 0 radical (unpaired) electrons. The van der Waals surface area contributed by atoms with E-state index in [9.17, 15) is 4.79 Å². The highest BCUT2D eigenvalue weighted by Crippen LogP contribution is 2.32. The van der Waals surface area contributed by atoms with Crippen LogP contribution in [0.1, 0.15) is 10.6 Å². The first-order valence-corrected chi connectivity index (χ1v) is 12.7.